The van der Waals surface area contributed by atoms with Crippen molar-refractivity contribution in [2.24, 2.45) is 17.8 Å². The van der Waals surface area contributed by atoms with Crippen LogP contribution in [0, 0.1) is 17.8 Å². The first-order valence-corrected chi connectivity index (χ1v) is 3.73. The maximum absolute atomic E-state index is 8.81. The van der Waals surface area contributed by atoms with E-state index < -0.39 is 0 Å². The van der Waals surface area contributed by atoms with Gasteiger partial charge in [-0.1, -0.05) is 0 Å². The number of aliphatic hydroxyl groups excluding tert-OH is 1. The van der Waals surface area contributed by atoms with E-state index in [1.54, 1.807) is 0 Å². The topological polar surface area (TPSA) is 32.3 Å². The van der Waals surface area contributed by atoms with Gasteiger partial charge < -0.3 is 10.4 Å². The second kappa shape index (κ2) is 1.96. The van der Waals surface area contributed by atoms with E-state index in [2.05, 4.69) is 5.32 Å². The summed E-state index contributed by atoms with van der Waals surface area (Å²) in [5, 5.41) is 12.1. The number of fused-ring (bicyclic) bond motifs is 1. The maximum Gasteiger partial charge on any atom is 0.0462 e. The zero-order valence-corrected chi connectivity index (χ0v) is 5.51. The van der Waals surface area contributed by atoms with Gasteiger partial charge in [0.15, 0.2) is 0 Å². The molecule has 0 unspecified atom stereocenters. The molecule has 1 aliphatic heterocycles. The lowest BCUT2D eigenvalue weighted by molar-refractivity contribution is 0.0579. The minimum absolute atomic E-state index is 0.406. The quantitative estimate of drug-likeness (QED) is 0.513. The molecule has 1 aliphatic carbocycles. The Labute approximate surface area is 55.3 Å². The lowest BCUT2D eigenvalue weighted by Crippen LogP contribution is -2.37. The van der Waals surface area contributed by atoms with Gasteiger partial charge in [-0.3, -0.25) is 0 Å². The fourth-order valence-corrected chi connectivity index (χ4v) is 2.14. The largest absolute Gasteiger partial charge is 0.396 e. The SMILES string of the molecule is OC[C@H]1C[C@@H]2CNC[C@H]12. The average Bonchev–Trinajstić information content (AvgIpc) is 2.14. The van der Waals surface area contributed by atoms with Gasteiger partial charge in [-0.25, -0.2) is 0 Å². The van der Waals surface area contributed by atoms with Crippen molar-refractivity contribution in [2.75, 3.05) is 19.7 Å². The number of hydrogen-bond acceptors (Lipinski definition) is 2. The summed E-state index contributed by atoms with van der Waals surface area (Å²) < 4.78 is 0. The normalized spacial score (nSPS) is 48.3. The van der Waals surface area contributed by atoms with Crippen LogP contribution in [-0.4, -0.2) is 24.8 Å². The molecule has 3 atom stereocenters. The van der Waals surface area contributed by atoms with Crippen LogP contribution in [0.4, 0.5) is 0 Å². The molecule has 2 nitrogen and oxygen atoms in total. The Kier molecular flexibility index (Phi) is 1.24. The third kappa shape index (κ3) is 0.700. The van der Waals surface area contributed by atoms with Gasteiger partial charge >= 0.3 is 0 Å². The number of hydrogen-bond donors (Lipinski definition) is 2. The highest BCUT2D eigenvalue weighted by Gasteiger charge is 2.42. The van der Waals surface area contributed by atoms with E-state index in [1.165, 1.54) is 13.0 Å². The van der Waals surface area contributed by atoms with Crippen LogP contribution in [0.1, 0.15) is 6.42 Å². The molecule has 0 amide bonds. The summed E-state index contributed by atoms with van der Waals surface area (Å²) >= 11 is 0. The van der Waals surface area contributed by atoms with Gasteiger partial charge in [0, 0.05) is 6.61 Å². The van der Waals surface area contributed by atoms with Gasteiger partial charge in [-0.05, 0) is 37.3 Å². The molecule has 2 heteroatoms. The highest BCUT2D eigenvalue weighted by Crippen LogP contribution is 2.41. The maximum atomic E-state index is 8.81. The predicted octanol–water partition coefficient (Wildman–Crippen LogP) is -0.166. The molecule has 9 heavy (non-hydrogen) atoms. The molecule has 1 saturated heterocycles. The molecule has 0 aromatic carbocycles. The number of aliphatic hydroxyl groups is 1. The first-order valence-electron chi connectivity index (χ1n) is 3.73. The van der Waals surface area contributed by atoms with E-state index in [1.807, 2.05) is 0 Å². The molecule has 1 saturated carbocycles. The molecule has 2 aliphatic rings. The van der Waals surface area contributed by atoms with Gasteiger partial charge in [-0.2, -0.15) is 0 Å². The molecule has 1 heterocycles. The molecule has 2 fully saturated rings. The van der Waals surface area contributed by atoms with Crippen LogP contribution < -0.4 is 5.32 Å². The smallest absolute Gasteiger partial charge is 0.0462 e. The Bertz CT molecular complexity index is 115. The molecule has 2 N–H and O–H groups in total. The van der Waals surface area contributed by atoms with Crippen LogP contribution >= 0.6 is 0 Å². The van der Waals surface area contributed by atoms with Crippen molar-refractivity contribution in [3.8, 4) is 0 Å². The predicted molar refractivity (Wildman–Crippen MR) is 35.0 cm³/mol. The summed E-state index contributed by atoms with van der Waals surface area (Å²) in [6, 6.07) is 0. The average molecular weight is 127 g/mol. The lowest BCUT2D eigenvalue weighted by atomic mass is 9.67. The van der Waals surface area contributed by atoms with Crippen LogP contribution in [-0.2, 0) is 0 Å². The minimum atomic E-state index is 0.406. The minimum Gasteiger partial charge on any atom is -0.396 e. The van der Waals surface area contributed by atoms with Crippen LogP contribution in [0.2, 0.25) is 0 Å². The second-order valence-corrected chi connectivity index (χ2v) is 3.26. The first-order chi connectivity index (χ1) is 4.42. The van der Waals surface area contributed by atoms with Crippen LogP contribution in [0.25, 0.3) is 0 Å². The van der Waals surface area contributed by atoms with Crippen molar-refractivity contribution in [1.29, 1.82) is 0 Å². The number of nitrogens with one attached hydrogen (secondary N) is 1. The van der Waals surface area contributed by atoms with Crippen molar-refractivity contribution >= 4 is 0 Å². The summed E-state index contributed by atoms with van der Waals surface area (Å²) in [4.78, 5) is 0. The monoisotopic (exact) mass is 127 g/mol. The van der Waals surface area contributed by atoms with E-state index in [0.717, 1.165) is 18.4 Å². The van der Waals surface area contributed by atoms with Gasteiger partial charge in [0.2, 0.25) is 0 Å². The summed E-state index contributed by atoms with van der Waals surface area (Å²) in [6.45, 7) is 2.75. The molecule has 0 bridgehead atoms. The summed E-state index contributed by atoms with van der Waals surface area (Å²) in [5.41, 5.74) is 0. The number of rotatable bonds is 1. The van der Waals surface area contributed by atoms with E-state index >= 15 is 0 Å². The zero-order valence-electron chi connectivity index (χ0n) is 5.51. The fourth-order valence-electron chi connectivity index (χ4n) is 2.14. The van der Waals surface area contributed by atoms with Crippen LogP contribution in [0.3, 0.4) is 0 Å². The Morgan fingerprint density at radius 3 is 3.00 bits per heavy atom. The summed E-state index contributed by atoms with van der Waals surface area (Å²) in [7, 11) is 0. The van der Waals surface area contributed by atoms with Gasteiger partial charge in [0.05, 0.1) is 0 Å². The third-order valence-electron chi connectivity index (χ3n) is 2.84. The van der Waals surface area contributed by atoms with E-state index in [4.69, 9.17) is 5.11 Å². The fraction of sp³-hybridized carbons (Fsp3) is 1.00. The zero-order chi connectivity index (χ0) is 6.27. The molecule has 2 rings (SSSR count). The van der Waals surface area contributed by atoms with Gasteiger partial charge in [0.25, 0.3) is 0 Å². The highest BCUT2D eigenvalue weighted by molar-refractivity contribution is 4.95. The molecular weight excluding hydrogens is 114 g/mol. The van der Waals surface area contributed by atoms with Crippen molar-refractivity contribution in [3.63, 3.8) is 0 Å². The Balaban J connectivity index is 1.93. The summed E-state index contributed by atoms with van der Waals surface area (Å²) in [6.07, 6.45) is 1.26. The molecule has 0 aromatic rings. The molecule has 0 spiro atoms. The Morgan fingerprint density at radius 1 is 1.44 bits per heavy atom. The van der Waals surface area contributed by atoms with Crippen molar-refractivity contribution in [3.05, 3.63) is 0 Å². The lowest BCUT2D eigenvalue weighted by Gasteiger charge is -2.38. The third-order valence-corrected chi connectivity index (χ3v) is 2.84. The molecular formula is C7H13NO. The highest BCUT2D eigenvalue weighted by atomic mass is 16.3. The van der Waals surface area contributed by atoms with Crippen molar-refractivity contribution in [2.45, 2.75) is 6.42 Å². The van der Waals surface area contributed by atoms with Crippen LogP contribution in [0.5, 0.6) is 0 Å². The first kappa shape index (κ1) is 5.69. The molecule has 52 valence electrons. The van der Waals surface area contributed by atoms with E-state index in [-0.39, 0.29) is 0 Å². The van der Waals surface area contributed by atoms with E-state index in [9.17, 15) is 0 Å². The summed E-state index contributed by atoms with van der Waals surface area (Å²) in [5.74, 6) is 2.35. The Morgan fingerprint density at radius 2 is 2.33 bits per heavy atom. The van der Waals surface area contributed by atoms with Crippen molar-refractivity contribution < 1.29 is 5.11 Å². The van der Waals surface area contributed by atoms with Gasteiger partial charge in [-0.15, -0.1) is 0 Å². The van der Waals surface area contributed by atoms with E-state index in [0.29, 0.717) is 12.5 Å². The second-order valence-electron chi connectivity index (χ2n) is 3.26. The molecule has 0 radical (unpaired) electrons. The Hall–Kier alpha value is -0.0800. The standard InChI is InChI=1S/C7H13NO/c9-4-6-1-5-2-8-3-7(5)6/h5-9H,1-4H2/t5-,6-,7+/m1/s1. The van der Waals surface area contributed by atoms with Gasteiger partial charge in [0.1, 0.15) is 0 Å². The molecule has 0 aromatic heterocycles. The van der Waals surface area contributed by atoms with Crippen LogP contribution in [0.15, 0.2) is 0 Å². The van der Waals surface area contributed by atoms with Crippen molar-refractivity contribution in [1.82, 2.24) is 5.32 Å².